The highest BCUT2D eigenvalue weighted by Crippen LogP contribution is 2.36. The van der Waals surface area contributed by atoms with Gasteiger partial charge in [0.2, 0.25) is 0 Å². The third kappa shape index (κ3) is 3.02. The fraction of sp³-hybridized carbons (Fsp3) is 0.333. The Kier molecular flexibility index (Phi) is 4.64. The summed E-state index contributed by atoms with van der Waals surface area (Å²) in [4.78, 5) is 3.81. The average molecular weight is 327 g/mol. The van der Waals surface area contributed by atoms with Gasteiger partial charge < -0.3 is 5.32 Å². The van der Waals surface area contributed by atoms with Crippen LogP contribution in [-0.4, -0.2) is 31.1 Å². The van der Waals surface area contributed by atoms with Crippen molar-refractivity contribution in [2.45, 2.75) is 6.04 Å². The van der Waals surface area contributed by atoms with Crippen molar-refractivity contribution < 1.29 is 0 Å². The van der Waals surface area contributed by atoms with Crippen LogP contribution in [0.25, 0.3) is 0 Å². The van der Waals surface area contributed by atoms with Gasteiger partial charge >= 0.3 is 0 Å². The third-order valence-electron chi connectivity index (χ3n) is 3.59. The molecule has 0 radical (unpaired) electrons. The monoisotopic (exact) mass is 326 g/mol. The Morgan fingerprint density at radius 2 is 1.95 bits per heavy atom. The summed E-state index contributed by atoms with van der Waals surface area (Å²) >= 11 is 14.2. The fourth-order valence-electron chi connectivity index (χ4n) is 2.64. The van der Waals surface area contributed by atoms with Crippen LogP contribution < -0.4 is 5.32 Å². The van der Waals surface area contributed by atoms with Gasteiger partial charge in [0, 0.05) is 41.1 Å². The van der Waals surface area contributed by atoms with E-state index in [1.54, 1.807) is 11.3 Å². The van der Waals surface area contributed by atoms with E-state index >= 15 is 0 Å². The molecule has 1 aliphatic rings. The van der Waals surface area contributed by atoms with E-state index in [4.69, 9.17) is 23.2 Å². The van der Waals surface area contributed by atoms with Crippen molar-refractivity contribution in [2.75, 3.05) is 26.2 Å². The summed E-state index contributed by atoms with van der Waals surface area (Å²) in [6, 6.07) is 10.3. The third-order valence-corrected chi connectivity index (χ3v) is 5.07. The van der Waals surface area contributed by atoms with Crippen molar-refractivity contribution >= 4 is 34.5 Å². The lowest BCUT2D eigenvalue weighted by Crippen LogP contribution is -2.45. The molecule has 1 aromatic heterocycles. The van der Waals surface area contributed by atoms with E-state index in [0.29, 0.717) is 5.02 Å². The number of nitrogens with zero attached hydrogens (tertiary/aromatic N) is 1. The van der Waals surface area contributed by atoms with Crippen LogP contribution in [0, 0.1) is 0 Å². The van der Waals surface area contributed by atoms with Gasteiger partial charge in [-0.1, -0.05) is 35.3 Å². The number of halogens is 2. The molecule has 1 N–H and O–H groups in total. The molecular formula is C15H16Cl2N2S. The molecule has 1 unspecified atom stereocenters. The largest absolute Gasteiger partial charge is 0.314 e. The summed E-state index contributed by atoms with van der Waals surface area (Å²) < 4.78 is 0. The Hall–Kier alpha value is -0.580. The number of hydrogen-bond donors (Lipinski definition) is 1. The molecule has 0 bridgehead atoms. The van der Waals surface area contributed by atoms with Crippen molar-refractivity contribution in [2.24, 2.45) is 0 Å². The molecule has 3 rings (SSSR count). The highest BCUT2D eigenvalue weighted by atomic mass is 35.5. The first-order valence-corrected chi connectivity index (χ1v) is 8.32. The van der Waals surface area contributed by atoms with Gasteiger partial charge in [-0.05, 0) is 29.1 Å². The highest BCUT2D eigenvalue weighted by molar-refractivity contribution is 7.10. The second-order valence-corrected chi connectivity index (χ2v) is 6.69. The summed E-state index contributed by atoms with van der Waals surface area (Å²) in [6.45, 7) is 4.10. The van der Waals surface area contributed by atoms with E-state index in [9.17, 15) is 0 Å². The predicted octanol–water partition coefficient (Wildman–Crippen LogP) is 4.05. The van der Waals surface area contributed by atoms with Crippen LogP contribution in [-0.2, 0) is 0 Å². The maximum Gasteiger partial charge on any atom is 0.0711 e. The SMILES string of the molecule is Clc1ccc(C(c2cccs2)N2CCNCC2)c(Cl)c1. The normalized spacial score (nSPS) is 18.1. The van der Waals surface area contributed by atoms with E-state index in [1.807, 2.05) is 12.1 Å². The molecule has 0 aliphatic carbocycles. The van der Waals surface area contributed by atoms with Crippen LogP contribution in [0.2, 0.25) is 10.0 Å². The minimum absolute atomic E-state index is 0.224. The standard InChI is InChI=1S/C15H16Cl2N2S/c16-11-3-4-12(13(17)10-11)15(14-2-1-9-20-14)19-7-5-18-6-8-19/h1-4,9-10,15,18H,5-8H2. The van der Waals surface area contributed by atoms with Gasteiger partial charge in [0.1, 0.15) is 0 Å². The van der Waals surface area contributed by atoms with Crippen LogP contribution in [0.5, 0.6) is 0 Å². The summed E-state index contributed by atoms with van der Waals surface area (Å²) in [5.74, 6) is 0. The van der Waals surface area contributed by atoms with Crippen LogP contribution in [0.15, 0.2) is 35.7 Å². The Morgan fingerprint density at radius 3 is 2.60 bits per heavy atom. The zero-order chi connectivity index (χ0) is 13.9. The van der Waals surface area contributed by atoms with Crippen LogP contribution in [0.3, 0.4) is 0 Å². The molecule has 1 saturated heterocycles. The molecule has 0 spiro atoms. The number of piperazine rings is 1. The lowest BCUT2D eigenvalue weighted by Gasteiger charge is -2.35. The van der Waals surface area contributed by atoms with Gasteiger partial charge in [-0.15, -0.1) is 11.3 Å². The first-order valence-electron chi connectivity index (χ1n) is 6.69. The summed E-state index contributed by atoms with van der Waals surface area (Å²) in [5.41, 5.74) is 1.14. The Labute approximate surface area is 133 Å². The molecule has 2 nitrogen and oxygen atoms in total. The highest BCUT2D eigenvalue weighted by Gasteiger charge is 2.26. The molecule has 5 heteroatoms. The van der Waals surface area contributed by atoms with E-state index in [0.717, 1.165) is 36.8 Å². The Bertz CT molecular complexity index is 565. The maximum atomic E-state index is 6.44. The van der Waals surface area contributed by atoms with Crippen LogP contribution >= 0.6 is 34.5 Å². The number of hydrogen-bond acceptors (Lipinski definition) is 3. The summed E-state index contributed by atoms with van der Waals surface area (Å²) in [7, 11) is 0. The van der Waals surface area contributed by atoms with E-state index in [1.165, 1.54) is 4.88 Å². The van der Waals surface area contributed by atoms with Crippen molar-refractivity contribution in [3.8, 4) is 0 Å². The lowest BCUT2D eigenvalue weighted by molar-refractivity contribution is 0.201. The molecule has 2 aromatic rings. The molecular weight excluding hydrogens is 311 g/mol. The molecule has 1 fully saturated rings. The minimum atomic E-state index is 0.224. The van der Waals surface area contributed by atoms with Crippen molar-refractivity contribution in [1.29, 1.82) is 0 Å². The van der Waals surface area contributed by atoms with Crippen LogP contribution in [0.1, 0.15) is 16.5 Å². The van der Waals surface area contributed by atoms with Gasteiger partial charge in [-0.25, -0.2) is 0 Å². The van der Waals surface area contributed by atoms with Gasteiger partial charge in [-0.3, -0.25) is 4.90 Å². The number of nitrogens with one attached hydrogen (secondary N) is 1. The predicted molar refractivity (Wildman–Crippen MR) is 87.1 cm³/mol. The topological polar surface area (TPSA) is 15.3 Å². The first-order chi connectivity index (χ1) is 9.75. The Balaban J connectivity index is 2.00. The van der Waals surface area contributed by atoms with Crippen molar-refractivity contribution in [3.63, 3.8) is 0 Å². The number of benzene rings is 1. The second-order valence-electron chi connectivity index (χ2n) is 4.87. The van der Waals surface area contributed by atoms with E-state index in [-0.39, 0.29) is 6.04 Å². The quantitative estimate of drug-likeness (QED) is 0.915. The molecule has 1 aromatic carbocycles. The van der Waals surface area contributed by atoms with Crippen molar-refractivity contribution in [1.82, 2.24) is 10.2 Å². The second kappa shape index (κ2) is 6.46. The van der Waals surface area contributed by atoms with E-state index in [2.05, 4.69) is 33.8 Å². The molecule has 106 valence electrons. The van der Waals surface area contributed by atoms with Gasteiger partial charge in [0.05, 0.1) is 6.04 Å². The Morgan fingerprint density at radius 1 is 1.15 bits per heavy atom. The molecule has 1 aliphatic heterocycles. The molecule has 0 saturated carbocycles. The van der Waals surface area contributed by atoms with Gasteiger partial charge in [0.25, 0.3) is 0 Å². The van der Waals surface area contributed by atoms with E-state index < -0.39 is 0 Å². The van der Waals surface area contributed by atoms with Crippen molar-refractivity contribution in [3.05, 3.63) is 56.2 Å². The summed E-state index contributed by atoms with van der Waals surface area (Å²) in [6.07, 6.45) is 0. The maximum absolute atomic E-state index is 6.44. The van der Waals surface area contributed by atoms with Gasteiger partial charge in [-0.2, -0.15) is 0 Å². The number of rotatable bonds is 3. The molecule has 2 heterocycles. The lowest BCUT2D eigenvalue weighted by atomic mass is 10.0. The first kappa shape index (κ1) is 14.4. The van der Waals surface area contributed by atoms with Crippen LogP contribution in [0.4, 0.5) is 0 Å². The zero-order valence-corrected chi connectivity index (χ0v) is 13.3. The number of thiophene rings is 1. The fourth-order valence-corrected chi connectivity index (χ4v) is 4.03. The molecule has 1 atom stereocenters. The van der Waals surface area contributed by atoms with Gasteiger partial charge in [0.15, 0.2) is 0 Å². The average Bonchev–Trinajstić information content (AvgIpc) is 2.97. The molecule has 20 heavy (non-hydrogen) atoms. The minimum Gasteiger partial charge on any atom is -0.314 e. The smallest absolute Gasteiger partial charge is 0.0711 e. The zero-order valence-electron chi connectivity index (χ0n) is 11.0. The summed E-state index contributed by atoms with van der Waals surface area (Å²) in [5, 5.41) is 6.95. The molecule has 0 amide bonds.